The minimum absolute atomic E-state index is 0.347. The third-order valence-electron chi connectivity index (χ3n) is 4.12. The van der Waals surface area contributed by atoms with Crippen LogP contribution >= 0.6 is 11.6 Å². The van der Waals surface area contributed by atoms with Gasteiger partial charge < -0.3 is 0 Å². The van der Waals surface area contributed by atoms with Gasteiger partial charge in [0.25, 0.3) is 0 Å². The first-order chi connectivity index (χ1) is 13.3. The fourth-order valence-corrected chi connectivity index (χ4v) is 2.86. The lowest BCUT2D eigenvalue weighted by atomic mass is 10.1. The van der Waals surface area contributed by atoms with Gasteiger partial charge >= 0.3 is 0 Å². The highest BCUT2D eigenvalue weighted by atomic mass is 35.5. The highest BCUT2D eigenvalue weighted by Crippen LogP contribution is 2.22. The van der Waals surface area contributed by atoms with Gasteiger partial charge in [-0.05, 0) is 35.4 Å². The molecule has 0 saturated carbocycles. The molecule has 1 N–H and O–H groups in total. The van der Waals surface area contributed by atoms with Crippen LogP contribution in [0, 0.1) is 0 Å². The molecule has 27 heavy (non-hydrogen) atoms. The smallest absolute Gasteiger partial charge is 0.168 e. The Labute approximate surface area is 162 Å². The summed E-state index contributed by atoms with van der Waals surface area (Å²) in [5.74, 6) is 0.534. The molecule has 6 nitrogen and oxygen atoms in total. The molecule has 1 aromatic heterocycles. The van der Waals surface area contributed by atoms with E-state index in [0.717, 1.165) is 29.9 Å². The lowest BCUT2D eigenvalue weighted by Crippen LogP contribution is -2.11. The third-order valence-corrected chi connectivity index (χ3v) is 4.33. The standard InChI is InChI=1S/C20H17ClN6/c21-19-10-11-20(25-23-19)24-22-14-15-6-8-17(9-7-15)27-13-12-18(26-27)16-4-2-1-3-5-16/h1-11,14H,12-13H2,(H,24,25)/b22-14-. The number of anilines is 2. The van der Waals surface area contributed by atoms with E-state index < -0.39 is 0 Å². The predicted octanol–water partition coefficient (Wildman–Crippen LogP) is 4.19. The molecule has 0 aliphatic carbocycles. The highest BCUT2D eigenvalue weighted by Gasteiger charge is 2.16. The maximum absolute atomic E-state index is 5.70. The van der Waals surface area contributed by atoms with Gasteiger partial charge in [-0.25, -0.2) is 0 Å². The minimum atomic E-state index is 0.347. The fourth-order valence-electron chi connectivity index (χ4n) is 2.76. The summed E-state index contributed by atoms with van der Waals surface area (Å²) in [4.78, 5) is 0. The summed E-state index contributed by atoms with van der Waals surface area (Å²) in [6.45, 7) is 0.883. The van der Waals surface area contributed by atoms with Gasteiger partial charge in [0, 0.05) is 13.0 Å². The normalized spacial score (nSPS) is 13.8. The van der Waals surface area contributed by atoms with Gasteiger partial charge in [0.15, 0.2) is 11.0 Å². The third kappa shape index (κ3) is 4.30. The van der Waals surface area contributed by atoms with Crippen molar-refractivity contribution in [3.63, 3.8) is 0 Å². The zero-order valence-electron chi connectivity index (χ0n) is 14.5. The topological polar surface area (TPSA) is 65.8 Å². The maximum Gasteiger partial charge on any atom is 0.168 e. The SMILES string of the molecule is Clc1ccc(N/N=C\c2ccc(N3CCC(c4ccccc4)=N3)cc2)nn1. The molecule has 2 heterocycles. The van der Waals surface area contributed by atoms with Gasteiger partial charge in [-0.15, -0.1) is 10.2 Å². The monoisotopic (exact) mass is 376 g/mol. The van der Waals surface area contributed by atoms with Crippen LogP contribution < -0.4 is 10.4 Å². The lowest BCUT2D eigenvalue weighted by Gasteiger charge is -2.13. The van der Waals surface area contributed by atoms with E-state index in [2.05, 4.69) is 32.9 Å². The molecule has 0 fully saturated rings. The summed E-state index contributed by atoms with van der Waals surface area (Å²) in [6.07, 6.45) is 2.67. The number of hydrogen-bond donors (Lipinski definition) is 1. The van der Waals surface area contributed by atoms with Crippen LogP contribution in [0.1, 0.15) is 17.5 Å². The average Bonchev–Trinajstić information content (AvgIpc) is 3.21. The second-order valence-corrected chi connectivity index (χ2v) is 6.38. The van der Waals surface area contributed by atoms with E-state index in [4.69, 9.17) is 16.7 Å². The molecule has 0 spiro atoms. The number of nitrogens with zero attached hydrogens (tertiary/aromatic N) is 5. The van der Waals surface area contributed by atoms with Gasteiger partial charge in [0.1, 0.15) is 0 Å². The van der Waals surface area contributed by atoms with E-state index in [1.54, 1.807) is 18.3 Å². The van der Waals surface area contributed by atoms with Crippen molar-refractivity contribution < 1.29 is 0 Å². The van der Waals surface area contributed by atoms with Crippen LogP contribution in [-0.2, 0) is 0 Å². The molecule has 134 valence electrons. The van der Waals surface area contributed by atoms with Crippen molar-refractivity contribution in [2.24, 2.45) is 10.2 Å². The molecule has 4 rings (SSSR count). The zero-order valence-corrected chi connectivity index (χ0v) is 15.2. The molecule has 2 aromatic carbocycles. The first kappa shape index (κ1) is 17.2. The Bertz CT molecular complexity index is 952. The van der Waals surface area contributed by atoms with Crippen LogP contribution in [0.2, 0.25) is 5.15 Å². The second-order valence-electron chi connectivity index (χ2n) is 5.99. The number of nitrogens with one attached hydrogen (secondary N) is 1. The van der Waals surface area contributed by atoms with E-state index >= 15 is 0 Å². The number of benzene rings is 2. The Hall–Kier alpha value is -3.25. The Morgan fingerprint density at radius 1 is 0.963 bits per heavy atom. The van der Waals surface area contributed by atoms with Crippen LogP contribution in [0.15, 0.2) is 76.9 Å². The number of halogens is 1. The number of rotatable bonds is 5. The second kappa shape index (κ2) is 7.97. The van der Waals surface area contributed by atoms with E-state index in [0.29, 0.717) is 11.0 Å². The van der Waals surface area contributed by atoms with Gasteiger partial charge in [-0.1, -0.05) is 54.1 Å². The van der Waals surface area contributed by atoms with Crippen LogP contribution in [0.4, 0.5) is 11.5 Å². The van der Waals surface area contributed by atoms with E-state index in [-0.39, 0.29) is 0 Å². The first-order valence-corrected chi connectivity index (χ1v) is 8.94. The van der Waals surface area contributed by atoms with Crippen molar-refractivity contribution in [1.29, 1.82) is 0 Å². The maximum atomic E-state index is 5.70. The highest BCUT2D eigenvalue weighted by molar-refractivity contribution is 6.29. The Balaban J connectivity index is 1.40. The van der Waals surface area contributed by atoms with Gasteiger partial charge in [-0.2, -0.15) is 10.2 Å². The molecule has 1 aliphatic rings. The molecule has 7 heteroatoms. The predicted molar refractivity (Wildman–Crippen MR) is 110 cm³/mol. The summed E-state index contributed by atoms with van der Waals surface area (Å²) in [5.41, 5.74) is 7.16. The average molecular weight is 377 g/mol. The van der Waals surface area contributed by atoms with Crippen molar-refractivity contribution in [1.82, 2.24) is 10.2 Å². The Kier molecular flexibility index (Phi) is 5.07. The van der Waals surface area contributed by atoms with Crippen molar-refractivity contribution >= 4 is 35.0 Å². The van der Waals surface area contributed by atoms with E-state index in [1.807, 2.05) is 47.5 Å². The summed E-state index contributed by atoms with van der Waals surface area (Å²) < 4.78 is 0. The van der Waals surface area contributed by atoms with E-state index in [1.165, 1.54) is 5.56 Å². The summed E-state index contributed by atoms with van der Waals surface area (Å²) in [7, 11) is 0. The lowest BCUT2D eigenvalue weighted by molar-refractivity contribution is 0.922. The Morgan fingerprint density at radius 3 is 2.52 bits per heavy atom. The van der Waals surface area contributed by atoms with Crippen LogP contribution in [0.5, 0.6) is 0 Å². The molecular formula is C20H17ClN6. The molecule has 0 amide bonds. The van der Waals surface area contributed by atoms with Gasteiger partial charge in [0.2, 0.25) is 0 Å². The summed E-state index contributed by atoms with van der Waals surface area (Å²) >= 11 is 5.70. The fraction of sp³-hybridized carbons (Fsp3) is 0.100. The van der Waals surface area contributed by atoms with Crippen molar-refractivity contribution in [2.45, 2.75) is 6.42 Å². The van der Waals surface area contributed by atoms with Gasteiger partial charge in [0.05, 0.1) is 17.6 Å². The van der Waals surface area contributed by atoms with E-state index in [9.17, 15) is 0 Å². The Morgan fingerprint density at radius 2 is 1.78 bits per heavy atom. The van der Waals surface area contributed by atoms with Crippen LogP contribution in [0.3, 0.4) is 0 Å². The molecule has 3 aromatic rings. The molecule has 0 atom stereocenters. The number of hydrazone groups is 2. The quantitative estimate of drug-likeness (QED) is 0.535. The number of aromatic nitrogens is 2. The number of hydrogen-bond acceptors (Lipinski definition) is 6. The van der Waals surface area contributed by atoms with Gasteiger partial charge in [-0.3, -0.25) is 10.4 Å². The molecule has 0 bridgehead atoms. The molecular weight excluding hydrogens is 360 g/mol. The van der Waals surface area contributed by atoms with Crippen molar-refractivity contribution in [2.75, 3.05) is 17.0 Å². The van der Waals surface area contributed by atoms with Crippen molar-refractivity contribution in [3.05, 3.63) is 83.0 Å². The van der Waals surface area contributed by atoms with Crippen LogP contribution in [-0.4, -0.2) is 28.7 Å². The molecule has 0 unspecified atom stereocenters. The minimum Gasteiger partial charge on any atom is -0.265 e. The molecule has 0 radical (unpaired) electrons. The summed E-state index contributed by atoms with van der Waals surface area (Å²) in [6, 6.07) is 21.8. The first-order valence-electron chi connectivity index (χ1n) is 8.57. The zero-order chi connectivity index (χ0) is 18.5. The molecule has 0 saturated heterocycles. The summed E-state index contributed by atoms with van der Waals surface area (Å²) in [5, 5.41) is 18.9. The largest absolute Gasteiger partial charge is 0.265 e. The van der Waals surface area contributed by atoms with Crippen molar-refractivity contribution in [3.8, 4) is 0 Å². The van der Waals surface area contributed by atoms with Crippen LogP contribution in [0.25, 0.3) is 0 Å². The molecule has 1 aliphatic heterocycles.